The zero-order valence-corrected chi connectivity index (χ0v) is 21.5. The van der Waals surface area contributed by atoms with Crippen LogP contribution in [-0.2, 0) is 30.5 Å². The van der Waals surface area contributed by atoms with Gasteiger partial charge in [0.15, 0.2) is 5.78 Å². The Hall–Kier alpha value is -2.22. The maximum absolute atomic E-state index is 13.0. The van der Waals surface area contributed by atoms with Gasteiger partial charge in [0.05, 0.1) is 4.88 Å². The third-order valence-electron chi connectivity index (χ3n) is 6.49. The summed E-state index contributed by atoms with van der Waals surface area (Å²) < 4.78 is 5.88. The van der Waals surface area contributed by atoms with Crippen molar-refractivity contribution in [3.63, 3.8) is 0 Å². The lowest BCUT2D eigenvalue weighted by atomic mass is 9.75. The summed E-state index contributed by atoms with van der Waals surface area (Å²) in [7, 11) is 0. The quantitative estimate of drug-likeness (QED) is 0.419. The smallest absolute Gasteiger partial charge is 0.245 e. The van der Waals surface area contributed by atoms with E-state index in [4.69, 9.17) is 9.84 Å². The van der Waals surface area contributed by atoms with E-state index in [1.165, 1.54) is 11.1 Å². The summed E-state index contributed by atoms with van der Waals surface area (Å²) in [5.74, 6) is 0.436. The second kappa shape index (κ2) is 11.5. The fourth-order valence-electron chi connectivity index (χ4n) is 4.58. The number of aryl methyl sites for hydroxylation is 3. The lowest BCUT2D eigenvalue weighted by Gasteiger charge is -2.29. The van der Waals surface area contributed by atoms with Gasteiger partial charge in [-0.3, -0.25) is 9.59 Å². The Morgan fingerprint density at radius 1 is 1.29 bits per heavy atom. The topological polar surface area (TPSA) is 95.9 Å². The van der Waals surface area contributed by atoms with Gasteiger partial charge < -0.3 is 20.3 Å². The molecule has 6 nitrogen and oxygen atoms in total. The number of aliphatic hydroxyl groups excluding tert-OH is 2. The Morgan fingerprint density at radius 2 is 2.06 bits per heavy atom. The Kier molecular flexibility index (Phi) is 8.90. The van der Waals surface area contributed by atoms with Gasteiger partial charge >= 0.3 is 0 Å². The van der Waals surface area contributed by atoms with E-state index < -0.39 is 18.6 Å². The summed E-state index contributed by atoms with van der Waals surface area (Å²) in [6.07, 6.45) is 4.23. The standard InChI is InChI=1S/C27H37NO5S/c1-5-19-11-18(10-17(2)25(19)33-15-21(30)13-28-24(32)14-29)6-7-23(31)26-22-8-9-27(3,4)12-20(22)16-34-26/h10-11,16,21,29-30H,5-9,12-15H2,1-4H3,(H,28,32)/t21-/m0/s1. The lowest BCUT2D eigenvalue weighted by molar-refractivity contribution is -0.124. The first-order chi connectivity index (χ1) is 16.1. The first-order valence-corrected chi connectivity index (χ1v) is 12.9. The Balaban J connectivity index is 1.61. The number of ketones is 1. The molecule has 186 valence electrons. The molecule has 3 rings (SSSR count). The van der Waals surface area contributed by atoms with E-state index in [-0.39, 0.29) is 18.9 Å². The highest BCUT2D eigenvalue weighted by Crippen LogP contribution is 2.39. The van der Waals surface area contributed by atoms with Crippen LogP contribution in [0.2, 0.25) is 0 Å². The molecule has 0 fully saturated rings. The van der Waals surface area contributed by atoms with Crippen LogP contribution >= 0.6 is 11.3 Å². The highest BCUT2D eigenvalue weighted by molar-refractivity contribution is 7.12. The molecule has 0 aliphatic heterocycles. The number of hydrogen-bond donors (Lipinski definition) is 3. The molecule has 1 aromatic carbocycles. The number of thiophene rings is 1. The van der Waals surface area contributed by atoms with Crippen LogP contribution in [0, 0.1) is 12.3 Å². The average molecular weight is 488 g/mol. The van der Waals surface area contributed by atoms with E-state index in [1.54, 1.807) is 11.3 Å². The summed E-state index contributed by atoms with van der Waals surface area (Å²) in [4.78, 5) is 25.1. The molecule has 34 heavy (non-hydrogen) atoms. The highest BCUT2D eigenvalue weighted by atomic mass is 32.1. The molecule has 2 aromatic rings. The predicted octanol–water partition coefficient (Wildman–Crippen LogP) is 3.80. The van der Waals surface area contributed by atoms with E-state index in [0.717, 1.165) is 53.0 Å². The number of nitrogens with one attached hydrogen (secondary N) is 1. The summed E-state index contributed by atoms with van der Waals surface area (Å²) in [5, 5.41) is 23.4. The summed E-state index contributed by atoms with van der Waals surface area (Å²) in [5.41, 5.74) is 6.05. The van der Waals surface area contributed by atoms with Crippen molar-refractivity contribution in [3.8, 4) is 5.75 Å². The predicted molar refractivity (Wildman–Crippen MR) is 135 cm³/mol. The number of carbonyl (C=O) groups excluding carboxylic acids is 2. The molecule has 7 heteroatoms. The van der Waals surface area contributed by atoms with Gasteiger partial charge in [-0.25, -0.2) is 0 Å². The number of amides is 1. The number of fused-ring (bicyclic) bond motifs is 1. The maximum Gasteiger partial charge on any atom is 0.245 e. The zero-order valence-electron chi connectivity index (χ0n) is 20.7. The fourth-order valence-corrected chi connectivity index (χ4v) is 5.68. The average Bonchev–Trinajstić information content (AvgIpc) is 3.21. The SMILES string of the molecule is CCc1cc(CCC(=O)c2scc3c2CCC(C)(C)C3)cc(C)c1OC[C@@H](O)CNC(=O)CO. The number of hydrogen-bond acceptors (Lipinski definition) is 6. The summed E-state index contributed by atoms with van der Waals surface area (Å²) in [6, 6.07) is 4.13. The van der Waals surface area contributed by atoms with Gasteiger partial charge in [-0.05, 0) is 77.6 Å². The fraction of sp³-hybridized carbons (Fsp3) is 0.556. The molecule has 1 aromatic heterocycles. The van der Waals surface area contributed by atoms with Gasteiger partial charge in [-0.2, -0.15) is 0 Å². The Bertz CT molecular complexity index is 1030. The third kappa shape index (κ3) is 6.68. The van der Waals surface area contributed by atoms with Crippen LogP contribution in [0.3, 0.4) is 0 Å². The van der Waals surface area contributed by atoms with E-state index in [2.05, 4.69) is 30.6 Å². The first-order valence-electron chi connectivity index (χ1n) is 12.1. The van der Waals surface area contributed by atoms with Crippen LogP contribution in [0.15, 0.2) is 17.5 Å². The minimum atomic E-state index is -0.876. The van der Waals surface area contributed by atoms with E-state index in [0.29, 0.717) is 18.3 Å². The lowest BCUT2D eigenvalue weighted by Crippen LogP contribution is -2.36. The number of benzene rings is 1. The molecule has 3 N–H and O–H groups in total. The van der Waals surface area contributed by atoms with Crippen LogP contribution in [0.1, 0.15) is 71.1 Å². The van der Waals surface area contributed by atoms with Gasteiger partial charge in [-0.15, -0.1) is 11.3 Å². The molecule has 0 unspecified atom stereocenters. The molecule has 1 atom stereocenters. The van der Waals surface area contributed by atoms with Crippen molar-refractivity contribution < 1.29 is 24.5 Å². The van der Waals surface area contributed by atoms with Crippen LogP contribution in [0.25, 0.3) is 0 Å². The maximum atomic E-state index is 13.0. The van der Waals surface area contributed by atoms with Crippen LogP contribution in [0.4, 0.5) is 0 Å². The van der Waals surface area contributed by atoms with Crippen molar-refractivity contribution >= 4 is 23.0 Å². The number of carbonyl (C=O) groups is 2. The molecule has 0 bridgehead atoms. The number of ether oxygens (including phenoxy) is 1. The normalized spacial score (nSPS) is 15.5. The van der Waals surface area contributed by atoms with E-state index >= 15 is 0 Å². The molecule has 0 spiro atoms. The molecule has 0 radical (unpaired) electrons. The Labute approximate surface area is 206 Å². The van der Waals surface area contributed by atoms with Crippen molar-refractivity contribution in [2.24, 2.45) is 5.41 Å². The van der Waals surface area contributed by atoms with Crippen LogP contribution in [-0.4, -0.2) is 47.8 Å². The minimum absolute atomic E-state index is 0.0179. The van der Waals surface area contributed by atoms with Crippen LogP contribution in [0.5, 0.6) is 5.75 Å². The minimum Gasteiger partial charge on any atom is -0.490 e. The third-order valence-corrected chi connectivity index (χ3v) is 7.60. The molecule has 1 amide bonds. The zero-order chi connectivity index (χ0) is 24.9. The monoisotopic (exact) mass is 487 g/mol. The molecule has 1 heterocycles. The summed E-state index contributed by atoms with van der Waals surface area (Å²) in [6.45, 7) is 8.06. The summed E-state index contributed by atoms with van der Waals surface area (Å²) >= 11 is 1.61. The van der Waals surface area contributed by atoms with Gasteiger partial charge in [0.1, 0.15) is 25.1 Å². The second-order valence-electron chi connectivity index (χ2n) is 10.0. The first kappa shape index (κ1) is 26.4. The van der Waals surface area contributed by atoms with E-state index in [9.17, 15) is 14.7 Å². The van der Waals surface area contributed by atoms with Gasteiger partial charge in [0.2, 0.25) is 5.91 Å². The molecule has 0 saturated carbocycles. The van der Waals surface area contributed by atoms with Crippen molar-refractivity contribution in [2.45, 2.75) is 72.3 Å². The molecule has 1 aliphatic rings. The number of Topliss-reactive ketones (excluding diaryl/α,β-unsaturated/α-hetero) is 1. The van der Waals surface area contributed by atoms with Gasteiger partial charge in [0.25, 0.3) is 0 Å². The molecular weight excluding hydrogens is 450 g/mol. The Morgan fingerprint density at radius 3 is 2.76 bits per heavy atom. The van der Waals surface area contributed by atoms with Crippen molar-refractivity contribution in [3.05, 3.63) is 50.2 Å². The van der Waals surface area contributed by atoms with Crippen molar-refractivity contribution in [1.82, 2.24) is 5.32 Å². The van der Waals surface area contributed by atoms with E-state index in [1.807, 2.05) is 19.9 Å². The molecule has 0 saturated heterocycles. The molecule has 1 aliphatic carbocycles. The van der Waals surface area contributed by atoms with Gasteiger partial charge in [0, 0.05) is 13.0 Å². The largest absolute Gasteiger partial charge is 0.490 e. The van der Waals surface area contributed by atoms with Gasteiger partial charge in [-0.1, -0.05) is 32.9 Å². The number of aliphatic hydroxyl groups is 2. The van der Waals surface area contributed by atoms with Crippen molar-refractivity contribution in [2.75, 3.05) is 19.8 Å². The molecular formula is C27H37NO5S. The number of rotatable bonds is 11. The van der Waals surface area contributed by atoms with Crippen molar-refractivity contribution in [1.29, 1.82) is 0 Å². The van der Waals surface area contributed by atoms with Crippen LogP contribution < -0.4 is 10.1 Å². The highest BCUT2D eigenvalue weighted by Gasteiger charge is 2.29. The second-order valence-corrected chi connectivity index (χ2v) is 10.9.